The predicted octanol–water partition coefficient (Wildman–Crippen LogP) is 5.77. The molecule has 6 rings (SSSR count). The number of aryl methyl sites for hydroxylation is 2. The first kappa shape index (κ1) is 20.7. The third-order valence-electron chi connectivity index (χ3n) is 6.72. The number of anilines is 2. The molecule has 4 nitrogen and oxygen atoms in total. The summed E-state index contributed by atoms with van der Waals surface area (Å²) in [5, 5.41) is 4.86. The van der Waals surface area contributed by atoms with Gasteiger partial charge >= 0.3 is 0 Å². The van der Waals surface area contributed by atoms with Crippen molar-refractivity contribution in [1.82, 2.24) is 9.97 Å². The quantitative estimate of drug-likeness (QED) is 0.433. The molecule has 2 aliphatic rings. The Morgan fingerprint density at radius 1 is 1.00 bits per heavy atom. The Balaban J connectivity index is 0.00000216. The second-order valence-corrected chi connectivity index (χ2v) is 8.53. The van der Waals surface area contributed by atoms with Crippen molar-refractivity contribution in [2.75, 3.05) is 16.8 Å². The van der Waals surface area contributed by atoms with E-state index >= 15 is 0 Å². The van der Waals surface area contributed by atoms with Crippen molar-refractivity contribution in [3.8, 4) is 0 Å². The third-order valence-corrected chi connectivity index (χ3v) is 6.72. The van der Waals surface area contributed by atoms with E-state index in [-0.39, 0.29) is 18.2 Å². The molecule has 0 saturated heterocycles. The van der Waals surface area contributed by atoms with E-state index in [4.69, 9.17) is 9.97 Å². The highest BCUT2D eigenvalue weighted by molar-refractivity contribution is 5.85. The van der Waals surface area contributed by atoms with Crippen LogP contribution >= 0.6 is 12.4 Å². The van der Waals surface area contributed by atoms with Crippen LogP contribution in [0.15, 0.2) is 66.9 Å². The van der Waals surface area contributed by atoms with Gasteiger partial charge < -0.3 is 10.2 Å². The number of nitrogens with one attached hydrogen (secondary N) is 1. The van der Waals surface area contributed by atoms with E-state index in [0.717, 1.165) is 53.9 Å². The number of fused-ring (bicyclic) bond motifs is 1. The Morgan fingerprint density at radius 3 is 2.66 bits per heavy atom. The van der Waals surface area contributed by atoms with Gasteiger partial charge in [0.1, 0.15) is 11.5 Å². The molecule has 1 atom stereocenters. The number of aromatic nitrogens is 2. The van der Waals surface area contributed by atoms with Crippen LogP contribution in [0.5, 0.6) is 0 Å². The molecule has 1 unspecified atom stereocenters. The molecule has 3 aromatic carbocycles. The average molecular weight is 447 g/mol. The normalized spacial score (nSPS) is 18.9. The highest BCUT2D eigenvalue weighted by Crippen LogP contribution is 2.48. The number of halogens is 2. The molecule has 162 valence electrons. The second-order valence-electron chi connectivity index (χ2n) is 8.53. The molecule has 0 bridgehead atoms. The summed E-state index contributed by atoms with van der Waals surface area (Å²) in [5.74, 6) is 0.514. The summed E-state index contributed by atoms with van der Waals surface area (Å²) in [6.45, 7) is 2.77. The van der Waals surface area contributed by atoms with Crippen LogP contribution in [0, 0.1) is 12.7 Å². The van der Waals surface area contributed by atoms with Crippen LogP contribution in [-0.2, 0) is 18.5 Å². The van der Waals surface area contributed by atoms with E-state index in [9.17, 15) is 4.39 Å². The Kier molecular flexibility index (Phi) is 5.01. The number of benzene rings is 3. The predicted molar refractivity (Wildman–Crippen MR) is 129 cm³/mol. The van der Waals surface area contributed by atoms with Gasteiger partial charge in [0.05, 0.1) is 5.52 Å². The third kappa shape index (κ3) is 3.11. The van der Waals surface area contributed by atoms with Crippen LogP contribution in [0.3, 0.4) is 0 Å². The minimum atomic E-state index is -0.449. The Bertz CT molecular complexity index is 1320. The Morgan fingerprint density at radius 2 is 1.81 bits per heavy atom. The minimum absolute atomic E-state index is 0. The van der Waals surface area contributed by atoms with E-state index in [0.29, 0.717) is 0 Å². The minimum Gasteiger partial charge on any atom is -0.359 e. The van der Waals surface area contributed by atoms with Gasteiger partial charge in [-0.15, -0.1) is 12.4 Å². The van der Waals surface area contributed by atoms with Crippen molar-refractivity contribution < 1.29 is 4.39 Å². The van der Waals surface area contributed by atoms with Crippen LogP contribution in [0.25, 0.3) is 10.9 Å². The van der Waals surface area contributed by atoms with Gasteiger partial charge in [-0.05, 0) is 67.1 Å². The lowest BCUT2D eigenvalue weighted by Crippen LogP contribution is -2.55. The number of hydrogen-bond acceptors (Lipinski definition) is 4. The first-order valence-electron chi connectivity index (χ1n) is 10.8. The lowest BCUT2D eigenvalue weighted by molar-refractivity contribution is 0.421. The topological polar surface area (TPSA) is 41.0 Å². The van der Waals surface area contributed by atoms with Crippen molar-refractivity contribution >= 4 is 34.9 Å². The van der Waals surface area contributed by atoms with Gasteiger partial charge in [0, 0.05) is 29.4 Å². The maximum atomic E-state index is 13.8. The molecule has 4 aromatic rings. The van der Waals surface area contributed by atoms with E-state index in [2.05, 4.69) is 28.4 Å². The standard InChI is InChI=1S/C26H23FN4.ClH/c1-17-15-21(27)9-10-22(17)30-26-13-11-18-6-4-7-19(24(18)26)12-14-31(26)25-28-16-20-5-2-3-8-23(20)29-25;/h2-10,15-16,30H,11-14H2,1H3;1H. The number of nitrogens with zero attached hydrogens (tertiary/aromatic N) is 3. The maximum absolute atomic E-state index is 13.8. The van der Waals surface area contributed by atoms with Gasteiger partial charge in [-0.2, -0.15) is 0 Å². The fraction of sp³-hybridized carbons (Fsp3) is 0.231. The Hall–Kier alpha value is -3.18. The zero-order valence-electron chi connectivity index (χ0n) is 17.8. The van der Waals surface area contributed by atoms with Crippen LogP contribution in [0.4, 0.5) is 16.0 Å². The molecule has 2 heterocycles. The molecule has 32 heavy (non-hydrogen) atoms. The monoisotopic (exact) mass is 446 g/mol. The summed E-state index contributed by atoms with van der Waals surface area (Å²) in [7, 11) is 0. The van der Waals surface area contributed by atoms with Gasteiger partial charge in [-0.1, -0.05) is 36.4 Å². The fourth-order valence-electron chi connectivity index (χ4n) is 5.28. The van der Waals surface area contributed by atoms with E-state index < -0.39 is 5.66 Å². The number of para-hydroxylation sites is 1. The summed E-state index contributed by atoms with van der Waals surface area (Å²) in [6.07, 6.45) is 4.75. The Labute approximate surface area is 192 Å². The number of hydrogen-bond donors (Lipinski definition) is 1. The fourth-order valence-corrected chi connectivity index (χ4v) is 5.28. The second kappa shape index (κ2) is 7.75. The summed E-state index contributed by atoms with van der Waals surface area (Å²) in [5.41, 5.74) is 6.41. The van der Waals surface area contributed by atoms with Crippen molar-refractivity contribution in [3.63, 3.8) is 0 Å². The van der Waals surface area contributed by atoms with Crippen molar-refractivity contribution in [2.45, 2.75) is 31.8 Å². The van der Waals surface area contributed by atoms with Crippen LogP contribution < -0.4 is 10.2 Å². The summed E-state index contributed by atoms with van der Waals surface area (Å²) < 4.78 is 13.8. The van der Waals surface area contributed by atoms with Gasteiger partial charge in [-0.3, -0.25) is 0 Å². The first-order chi connectivity index (χ1) is 15.1. The van der Waals surface area contributed by atoms with E-state index in [1.807, 2.05) is 43.5 Å². The molecule has 0 saturated carbocycles. The highest BCUT2D eigenvalue weighted by atomic mass is 35.5. The molecule has 0 radical (unpaired) electrons. The summed E-state index contributed by atoms with van der Waals surface area (Å²) in [4.78, 5) is 12.0. The van der Waals surface area contributed by atoms with Crippen LogP contribution in [0.2, 0.25) is 0 Å². The zero-order valence-corrected chi connectivity index (χ0v) is 18.6. The first-order valence-corrected chi connectivity index (χ1v) is 10.8. The van der Waals surface area contributed by atoms with Crippen LogP contribution in [0.1, 0.15) is 28.7 Å². The molecule has 6 heteroatoms. The molecule has 1 aliphatic heterocycles. The van der Waals surface area contributed by atoms with Gasteiger partial charge in [0.25, 0.3) is 0 Å². The van der Waals surface area contributed by atoms with Crippen molar-refractivity contribution in [3.05, 3.63) is 94.9 Å². The largest absolute Gasteiger partial charge is 0.359 e. The zero-order chi connectivity index (χ0) is 21.0. The van der Waals surface area contributed by atoms with Crippen molar-refractivity contribution in [2.24, 2.45) is 0 Å². The molecule has 1 aromatic heterocycles. The molecular formula is C26H24ClFN4. The van der Waals surface area contributed by atoms with Gasteiger partial charge in [0.2, 0.25) is 5.95 Å². The average Bonchev–Trinajstić information content (AvgIpc) is 3.17. The smallest absolute Gasteiger partial charge is 0.228 e. The summed E-state index contributed by atoms with van der Waals surface area (Å²) >= 11 is 0. The van der Waals surface area contributed by atoms with Gasteiger partial charge in [-0.25, -0.2) is 14.4 Å². The molecule has 1 aliphatic carbocycles. The maximum Gasteiger partial charge on any atom is 0.228 e. The lowest BCUT2D eigenvalue weighted by Gasteiger charge is -2.47. The molecule has 0 fully saturated rings. The van der Waals surface area contributed by atoms with Crippen molar-refractivity contribution in [1.29, 1.82) is 0 Å². The molecule has 1 N–H and O–H groups in total. The lowest BCUT2D eigenvalue weighted by atomic mass is 9.88. The molecular weight excluding hydrogens is 423 g/mol. The van der Waals surface area contributed by atoms with Crippen LogP contribution in [-0.4, -0.2) is 16.5 Å². The summed E-state index contributed by atoms with van der Waals surface area (Å²) in [6, 6.07) is 19.6. The number of rotatable bonds is 3. The molecule has 0 amide bonds. The van der Waals surface area contributed by atoms with E-state index in [1.54, 1.807) is 6.07 Å². The van der Waals surface area contributed by atoms with E-state index in [1.165, 1.54) is 22.8 Å². The highest BCUT2D eigenvalue weighted by Gasteiger charge is 2.48. The SMILES string of the molecule is Cc1cc(F)ccc1NC12CCc3cccc(c31)CCN2c1ncc2ccccc2n1.Cl. The molecule has 0 spiro atoms. The van der Waals surface area contributed by atoms with Gasteiger partial charge in [0.15, 0.2) is 0 Å².